The van der Waals surface area contributed by atoms with Crippen molar-refractivity contribution >= 4 is 38.4 Å². The normalized spacial score (nSPS) is 10.8. The van der Waals surface area contributed by atoms with E-state index in [9.17, 15) is 9.59 Å². The first-order valence-electron chi connectivity index (χ1n) is 9.49. The highest BCUT2D eigenvalue weighted by atomic mass is 79.9. The largest absolute Gasteiger partial charge is 0.493 e. The number of anilines is 1. The average molecular weight is 474 g/mol. The lowest BCUT2D eigenvalue weighted by Gasteiger charge is -2.20. The van der Waals surface area contributed by atoms with E-state index in [0.29, 0.717) is 41.8 Å². The highest BCUT2D eigenvalue weighted by Gasteiger charge is 2.14. The van der Waals surface area contributed by atoms with Gasteiger partial charge in [0.2, 0.25) is 5.91 Å². The summed E-state index contributed by atoms with van der Waals surface area (Å²) in [5.41, 5.74) is 2.24. The lowest BCUT2D eigenvalue weighted by Crippen LogP contribution is -2.27. The van der Waals surface area contributed by atoms with Crippen LogP contribution in [0.3, 0.4) is 0 Å². The zero-order chi connectivity index (χ0) is 21.8. The molecule has 0 radical (unpaired) electrons. The van der Waals surface area contributed by atoms with Gasteiger partial charge in [0, 0.05) is 36.2 Å². The Balaban J connectivity index is 1.71. The van der Waals surface area contributed by atoms with Gasteiger partial charge in [-0.2, -0.15) is 0 Å². The molecular weight excluding hydrogens is 450 g/mol. The minimum atomic E-state index is -0.175. The fourth-order valence-corrected chi connectivity index (χ4v) is 3.82. The minimum Gasteiger partial charge on any atom is -0.493 e. The molecule has 0 fully saturated rings. The van der Waals surface area contributed by atoms with Crippen molar-refractivity contribution in [1.82, 2.24) is 9.55 Å². The molecule has 0 N–H and O–H groups in total. The number of aromatic nitrogens is 2. The van der Waals surface area contributed by atoms with Crippen LogP contribution in [-0.2, 0) is 11.3 Å². The van der Waals surface area contributed by atoms with E-state index in [1.807, 2.05) is 25.1 Å². The monoisotopic (exact) mass is 473 g/mol. The predicted octanol–water partition coefficient (Wildman–Crippen LogP) is 3.93. The fourth-order valence-electron chi connectivity index (χ4n) is 3.34. The van der Waals surface area contributed by atoms with Crippen LogP contribution in [0.4, 0.5) is 5.69 Å². The van der Waals surface area contributed by atoms with Gasteiger partial charge in [-0.25, -0.2) is 4.98 Å². The summed E-state index contributed by atoms with van der Waals surface area (Å²) in [5, 5.41) is 0.448. The summed E-state index contributed by atoms with van der Waals surface area (Å²) in [6, 6.07) is 9.11. The molecule has 0 spiro atoms. The van der Waals surface area contributed by atoms with E-state index in [4.69, 9.17) is 9.47 Å². The van der Waals surface area contributed by atoms with Gasteiger partial charge in [0.25, 0.3) is 5.56 Å². The number of methoxy groups -OCH3 is 2. The number of carbonyl (C=O) groups is 1. The van der Waals surface area contributed by atoms with Gasteiger partial charge < -0.3 is 14.4 Å². The Morgan fingerprint density at radius 2 is 1.87 bits per heavy atom. The Hall–Kier alpha value is -2.87. The van der Waals surface area contributed by atoms with Crippen LogP contribution in [-0.4, -0.2) is 36.7 Å². The lowest BCUT2D eigenvalue weighted by atomic mass is 10.1. The van der Waals surface area contributed by atoms with Crippen molar-refractivity contribution in [1.29, 1.82) is 0 Å². The second-order valence-corrected chi connectivity index (χ2v) is 7.87. The third-order valence-electron chi connectivity index (χ3n) is 5.01. The number of ether oxygens (including phenoxy) is 2. The van der Waals surface area contributed by atoms with Gasteiger partial charge in [-0.3, -0.25) is 14.2 Å². The Kier molecular flexibility index (Phi) is 6.77. The molecule has 0 saturated heterocycles. The molecule has 3 aromatic rings. The van der Waals surface area contributed by atoms with Crippen LogP contribution >= 0.6 is 15.9 Å². The number of amides is 1. The summed E-state index contributed by atoms with van der Waals surface area (Å²) in [7, 11) is 4.82. The molecule has 0 atom stereocenters. The Morgan fingerprint density at radius 1 is 1.17 bits per heavy atom. The molecule has 1 heterocycles. The van der Waals surface area contributed by atoms with E-state index in [-0.39, 0.29) is 11.5 Å². The minimum absolute atomic E-state index is 0.00590. The second kappa shape index (κ2) is 9.30. The number of nitrogens with zero attached hydrogens (tertiary/aromatic N) is 3. The van der Waals surface area contributed by atoms with E-state index < -0.39 is 0 Å². The summed E-state index contributed by atoms with van der Waals surface area (Å²) in [4.78, 5) is 31.4. The van der Waals surface area contributed by atoms with Crippen molar-refractivity contribution in [2.24, 2.45) is 0 Å². The van der Waals surface area contributed by atoms with Gasteiger partial charge in [0.1, 0.15) is 0 Å². The van der Waals surface area contributed by atoms with Gasteiger partial charge in [-0.1, -0.05) is 15.9 Å². The lowest BCUT2D eigenvalue weighted by molar-refractivity contribution is -0.118. The van der Waals surface area contributed by atoms with Gasteiger partial charge >= 0.3 is 0 Å². The molecule has 8 heteroatoms. The third-order valence-corrected chi connectivity index (χ3v) is 5.51. The van der Waals surface area contributed by atoms with E-state index in [1.54, 1.807) is 24.1 Å². The van der Waals surface area contributed by atoms with Crippen LogP contribution in [0.5, 0.6) is 11.5 Å². The van der Waals surface area contributed by atoms with Crippen molar-refractivity contribution in [3.05, 3.63) is 57.0 Å². The molecule has 30 heavy (non-hydrogen) atoms. The van der Waals surface area contributed by atoms with Gasteiger partial charge in [0.05, 0.1) is 31.4 Å². The van der Waals surface area contributed by atoms with Crippen molar-refractivity contribution in [2.75, 3.05) is 26.2 Å². The van der Waals surface area contributed by atoms with Crippen molar-refractivity contribution in [3.8, 4) is 11.5 Å². The maximum absolute atomic E-state index is 12.8. The van der Waals surface area contributed by atoms with Crippen LogP contribution in [0.1, 0.15) is 18.4 Å². The van der Waals surface area contributed by atoms with Crippen LogP contribution < -0.4 is 19.9 Å². The highest BCUT2D eigenvalue weighted by molar-refractivity contribution is 9.10. The summed E-state index contributed by atoms with van der Waals surface area (Å²) in [6.07, 6.45) is 2.35. The molecule has 0 bridgehead atoms. The molecule has 158 valence electrons. The molecule has 7 nitrogen and oxygen atoms in total. The molecular formula is C22H24BrN3O4. The SMILES string of the molecule is COc1cc2ncn(CCCC(=O)N(C)c3ccc(Br)cc3C)c(=O)c2cc1OC. The Labute approximate surface area is 183 Å². The van der Waals surface area contributed by atoms with Gasteiger partial charge in [-0.05, 0) is 43.2 Å². The second-order valence-electron chi connectivity index (χ2n) is 6.95. The number of carbonyl (C=O) groups excluding carboxylic acids is 1. The van der Waals surface area contributed by atoms with Crippen LogP contribution in [0, 0.1) is 6.92 Å². The Bertz CT molecular complexity index is 1140. The molecule has 0 aliphatic rings. The average Bonchev–Trinajstić information content (AvgIpc) is 2.74. The quantitative estimate of drug-likeness (QED) is 0.519. The molecule has 2 aromatic carbocycles. The predicted molar refractivity (Wildman–Crippen MR) is 121 cm³/mol. The number of fused-ring (bicyclic) bond motifs is 1. The summed E-state index contributed by atoms with van der Waals surface area (Å²) >= 11 is 3.43. The number of rotatable bonds is 7. The van der Waals surface area contributed by atoms with Crippen molar-refractivity contribution in [3.63, 3.8) is 0 Å². The third kappa shape index (κ3) is 4.48. The molecule has 0 saturated carbocycles. The van der Waals surface area contributed by atoms with E-state index >= 15 is 0 Å². The van der Waals surface area contributed by atoms with Crippen molar-refractivity contribution < 1.29 is 14.3 Å². The summed E-state index contributed by atoms with van der Waals surface area (Å²) in [5.74, 6) is 0.989. The number of aryl methyl sites for hydroxylation is 2. The van der Waals surface area contributed by atoms with Gasteiger partial charge in [-0.15, -0.1) is 0 Å². The molecule has 1 amide bonds. The maximum Gasteiger partial charge on any atom is 0.261 e. The van der Waals surface area contributed by atoms with E-state index in [2.05, 4.69) is 20.9 Å². The first-order valence-corrected chi connectivity index (χ1v) is 10.3. The van der Waals surface area contributed by atoms with E-state index in [0.717, 1.165) is 15.7 Å². The summed E-state index contributed by atoms with van der Waals surface area (Å²) < 4.78 is 13.0. The topological polar surface area (TPSA) is 73.7 Å². The molecule has 3 rings (SSSR count). The molecule has 0 aliphatic heterocycles. The van der Waals surface area contributed by atoms with Gasteiger partial charge in [0.15, 0.2) is 11.5 Å². The first kappa shape index (κ1) is 21.8. The fraction of sp³-hybridized carbons (Fsp3) is 0.318. The van der Waals surface area contributed by atoms with Crippen LogP contribution in [0.2, 0.25) is 0 Å². The zero-order valence-corrected chi connectivity index (χ0v) is 19.0. The molecule has 0 aliphatic carbocycles. The van der Waals surface area contributed by atoms with Crippen LogP contribution in [0.25, 0.3) is 10.9 Å². The highest BCUT2D eigenvalue weighted by Crippen LogP contribution is 2.29. The Morgan fingerprint density at radius 3 is 2.53 bits per heavy atom. The summed E-state index contributed by atoms with van der Waals surface area (Å²) in [6.45, 7) is 2.36. The number of benzene rings is 2. The smallest absolute Gasteiger partial charge is 0.261 e. The number of halogens is 1. The standard InChI is InChI=1S/C22H24BrN3O4/c1-14-10-15(23)7-8-18(14)25(2)21(27)6-5-9-26-13-24-17-12-20(30-4)19(29-3)11-16(17)22(26)28/h7-8,10-13H,5-6,9H2,1-4H3. The van der Waals surface area contributed by atoms with Crippen molar-refractivity contribution in [2.45, 2.75) is 26.3 Å². The zero-order valence-electron chi connectivity index (χ0n) is 17.4. The maximum atomic E-state index is 12.8. The van der Waals surface area contributed by atoms with Crippen LogP contribution in [0.15, 0.2) is 45.9 Å². The molecule has 0 unspecified atom stereocenters. The molecule has 1 aromatic heterocycles. The number of hydrogen-bond acceptors (Lipinski definition) is 5. The first-order chi connectivity index (χ1) is 14.3. The number of hydrogen-bond donors (Lipinski definition) is 0. The van der Waals surface area contributed by atoms with E-state index in [1.165, 1.54) is 25.1 Å².